The van der Waals surface area contributed by atoms with Crippen molar-refractivity contribution in [1.82, 2.24) is 0 Å². The molecule has 0 bridgehead atoms. The lowest BCUT2D eigenvalue weighted by molar-refractivity contribution is 0.0685. The number of amides is 1. The monoisotopic (exact) mass is 314 g/mol. The fourth-order valence-corrected chi connectivity index (χ4v) is 1.93. The van der Waals surface area contributed by atoms with E-state index in [2.05, 4.69) is 10.5 Å². The summed E-state index contributed by atoms with van der Waals surface area (Å²) < 4.78 is 0. The molecule has 8 heteroatoms. The maximum Gasteiger partial charge on any atom is 0.338 e. The van der Waals surface area contributed by atoms with Crippen LogP contribution in [0.2, 0.25) is 0 Å². The molecule has 0 radical (unpaired) electrons. The van der Waals surface area contributed by atoms with Gasteiger partial charge in [0, 0.05) is 5.69 Å². The summed E-state index contributed by atoms with van der Waals surface area (Å²) in [5.41, 5.74) is -0.810. The molecule has 0 aliphatic heterocycles. The third-order valence-corrected chi connectivity index (χ3v) is 2.99. The van der Waals surface area contributed by atoms with Gasteiger partial charge < -0.3 is 15.5 Å². The van der Waals surface area contributed by atoms with E-state index in [9.17, 15) is 19.3 Å². The van der Waals surface area contributed by atoms with E-state index in [1.807, 2.05) is 0 Å². The number of hydrogen-bond acceptors (Lipinski definition) is 5. The lowest BCUT2D eigenvalue weighted by Gasteiger charge is -2.09. The lowest BCUT2D eigenvalue weighted by Crippen LogP contribution is -2.16. The average Bonchev–Trinajstić information content (AvgIpc) is 2.54. The highest BCUT2D eigenvalue weighted by Gasteiger charge is 2.17. The Morgan fingerprint density at radius 2 is 1.48 bits per heavy atom. The van der Waals surface area contributed by atoms with E-state index in [-0.39, 0.29) is 28.1 Å². The third kappa shape index (κ3) is 3.38. The standard InChI is InChI=1S/C15H10N2O6/c18-13(9-3-1-2-4-10(9)14(19)20)16-8-5-6-12(17-23)11(7-8)15(21)22/h1-7H,(H,16,18)(H,19,20)(H,21,22). The quantitative estimate of drug-likeness (QED) is 0.727. The minimum absolute atomic E-state index is 0.0746. The second kappa shape index (κ2) is 6.48. The molecule has 0 heterocycles. The van der Waals surface area contributed by atoms with Crippen molar-refractivity contribution in [3.8, 4) is 0 Å². The molecule has 0 unspecified atom stereocenters. The highest BCUT2D eigenvalue weighted by atomic mass is 16.4. The zero-order chi connectivity index (χ0) is 17.0. The maximum absolute atomic E-state index is 12.2. The van der Waals surface area contributed by atoms with Crippen LogP contribution < -0.4 is 5.32 Å². The van der Waals surface area contributed by atoms with Crippen LogP contribution in [0, 0.1) is 4.91 Å². The summed E-state index contributed by atoms with van der Waals surface area (Å²) in [5, 5.41) is 23.0. The van der Waals surface area contributed by atoms with Crippen molar-refractivity contribution >= 4 is 29.2 Å². The van der Waals surface area contributed by atoms with Gasteiger partial charge in [-0.25, -0.2) is 9.59 Å². The van der Waals surface area contributed by atoms with Crippen molar-refractivity contribution in [3.63, 3.8) is 0 Å². The minimum atomic E-state index is -1.37. The van der Waals surface area contributed by atoms with Crippen LogP contribution in [-0.4, -0.2) is 28.1 Å². The molecule has 2 aromatic rings. The van der Waals surface area contributed by atoms with Crippen molar-refractivity contribution in [3.05, 3.63) is 64.1 Å². The summed E-state index contributed by atoms with van der Waals surface area (Å²) in [6, 6.07) is 9.11. The first kappa shape index (κ1) is 15.8. The van der Waals surface area contributed by atoms with Crippen molar-refractivity contribution < 1.29 is 24.6 Å². The molecule has 0 aliphatic carbocycles. The largest absolute Gasteiger partial charge is 0.478 e. The summed E-state index contributed by atoms with van der Waals surface area (Å²) in [5.74, 6) is -3.35. The Morgan fingerprint density at radius 1 is 0.870 bits per heavy atom. The molecule has 23 heavy (non-hydrogen) atoms. The molecule has 0 fully saturated rings. The molecular formula is C15H10N2O6. The summed E-state index contributed by atoms with van der Waals surface area (Å²) in [6.07, 6.45) is 0. The van der Waals surface area contributed by atoms with Crippen LogP contribution in [0.5, 0.6) is 0 Å². The molecular weight excluding hydrogens is 304 g/mol. The molecule has 2 aromatic carbocycles. The Balaban J connectivity index is 2.35. The fourth-order valence-electron chi connectivity index (χ4n) is 1.93. The van der Waals surface area contributed by atoms with Gasteiger partial charge in [-0.1, -0.05) is 12.1 Å². The van der Waals surface area contributed by atoms with Crippen LogP contribution in [0.15, 0.2) is 47.6 Å². The zero-order valence-electron chi connectivity index (χ0n) is 11.5. The lowest BCUT2D eigenvalue weighted by atomic mass is 10.1. The highest BCUT2D eigenvalue weighted by molar-refractivity contribution is 6.11. The predicted molar refractivity (Wildman–Crippen MR) is 80.2 cm³/mol. The number of carbonyl (C=O) groups excluding carboxylic acids is 1. The Labute approximate surface area is 129 Å². The number of nitrogens with one attached hydrogen (secondary N) is 1. The number of hydrogen-bond donors (Lipinski definition) is 3. The summed E-state index contributed by atoms with van der Waals surface area (Å²) in [4.78, 5) is 44.9. The Hall–Kier alpha value is -3.55. The average molecular weight is 314 g/mol. The van der Waals surface area contributed by atoms with Crippen LogP contribution in [0.4, 0.5) is 11.4 Å². The number of carbonyl (C=O) groups is 3. The first-order valence-corrected chi connectivity index (χ1v) is 6.28. The van der Waals surface area contributed by atoms with Crippen LogP contribution in [0.3, 0.4) is 0 Å². The number of carboxylic acid groups (broad SMARTS) is 2. The molecule has 0 aromatic heterocycles. The number of rotatable bonds is 5. The van der Waals surface area contributed by atoms with Gasteiger partial charge in [0.25, 0.3) is 5.91 Å². The molecule has 0 saturated carbocycles. The van der Waals surface area contributed by atoms with E-state index < -0.39 is 17.8 Å². The zero-order valence-corrected chi connectivity index (χ0v) is 11.5. The Morgan fingerprint density at radius 3 is 2.04 bits per heavy atom. The van der Waals surface area contributed by atoms with Gasteiger partial charge in [0.05, 0.1) is 16.7 Å². The molecule has 8 nitrogen and oxygen atoms in total. The normalized spacial score (nSPS) is 9.91. The summed E-state index contributed by atoms with van der Waals surface area (Å²) >= 11 is 0. The van der Waals surface area contributed by atoms with Gasteiger partial charge in [0.1, 0.15) is 5.69 Å². The van der Waals surface area contributed by atoms with Crippen molar-refractivity contribution in [2.45, 2.75) is 0 Å². The molecule has 1 amide bonds. The number of nitroso groups, excluding NO2 is 1. The number of anilines is 1. The SMILES string of the molecule is O=Nc1ccc(NC(=O)c2ccccc2C(=O)O)cc1C(=O)O. The van der Waals surface area contributed by atoms with Gasteiger partial charge in [-0.2, -0.15) is 0 Å². The third-order valence-electron chi connectivity index (χ3n) is 2.99. The smallest absolute Gasteiger partial charge is 0.338 e. The Bertz CT molecular complexity index is 815. The molecule has 0 spiro atoms. The highest BCUT2D eigenvalue weighted by Crippen LogP contribution is 2.23. The van der Waals surface area contributed by atoms with Crippen LogP contribution in [0.25, 0.3) is 0 Å². The van der Waals surface area contributed by atoms with E-state index in [4.69, 9.17) is 10.2 Å². The van der Waals surface area contributed by atoms with Crippen LogP contribution in [-0.2, 0) is 0 Å². The molecule has 3 N–H and O–H groups in total. The number of aromatic carboxylic acids is 2. The van der Waals surface area contributed by atoms with E-state index in [0.717, 1.165) is 12.1 Å². The second-order valence-electron chi connectivity index (χ2n) is 4.43. The fraction of sp³-hybridized carbons (Fsp3) is 0. The molecule has 0 atom stereocenters. The first-order chi connectivity index (χ1) is 10.9. The van der Waals surface area contributed by atoms with Crippen molar-refractivity contribution in [2.75, 3.05) is 5.32 Å². The number of benzene rings is 2. The number of carboxylic acids is 2. The Kier molecular flexibility index (Phi) is 4.46. The summed E-state index contributed by atoms with van der Waals surface area (Å²) in [6.45, 7) is 0. The van der Waals surface area contributed by atoms with Crippen molar-refractivity contribution in [2.24, 2.45) is 5.18 Å². The minimum Gasteiger partial charge on any atom is -0.478 e. The molecule has 0 saturated heterocycles. The van der Waals surface area contributed by atoms with E-state index >= 15 is 0 Å². The molecule has 0 aliphatic rings. The second-order valence-corrected chi connectivity index (χ2v) is 4.43. The summed E-state index contributed by atoms with van der Waals surface area (Å²) in [7, 11) is 0. The predicted octanol–water partition coefficient (Wildman–Crippen LogP) is 2.73. The molecule has 2 rings (SSSR count). The van der Waals surface area contributed by atoms with Crippen LogP contribution in [0.1, 0.15) is 31.1 Å². The van der Waals surface area contributed by atoms with Crippen LogP contribution >= 0.6 is 0 Å². The van der Waals surface area contributed by atoms with Gasteiger partial charge >= 0.3 is 11.9 Å². The van der Waals surface area contributed by atoms with E-state index in [0.29, 0.717) is 0 Å². The molecule has 116 valence electrons. The maximum atomic E-state index is 12.2. The number of nitrogens with zero attached hydrogens (tertiary/aromatic N) is 1. The first-order valence-electron chi connectivity index (χ1n) is 6.28. The van der Waals surface area contributed by atoms with Gasteiger partial charge in [0.15, 0.2) is 0 Å². The van der Waals surface area contributed by atoms with E-state index in [1.165, 1.54) is 30.3 Å². The van der Waals surface area contributed by atoms with Gasteiger partial charge in [-0.3, -0.25) is 4.79 Å². The van der Waals surface area contributed by atoms with Gasteiger partial charge in [0.2, 0.25) is 0 Å². The van der Waals surface area contributed by atoms with Gasteiger partial charge in [-0.15, -0.1) is 4.91 Å². The topological polar surface area (TPSA) is 133 Å². The van der Waals surface area contributed by atoms with Gasteiger partial charge in [-0.05, 0) is 35.5 Å². The van der Waals surface area contributed by atoms with Crippen molar-refractivity contribution in [1.29, 1.82) is 0 Å². The van der Waals surface area contributed by atoms with E-state index in [1.54, 1.807) is 0 Å².